The van der Waals surface area contributed by atoms with Crippen LogP contribution < -0.4 is 0 Å². The lowest BCUT2D eigenvalue weighted by Crippen LogP contribution is -2.12. The minimum absolute atomic E-state index is 0.0322. The van der Waals surface area contributed by atoms with Crippen LogP contribution in [0.4, 0.5) is 0 Å². The summed E-state index contributed by atoms with van der Waals surface area (Å²) in [6.07, 6.45) is 1.09. The molecule has 0 amide bonds. The molecule has 3 heteroatoms. The first-order chi connectivity index (χ1) is 4.31. The van der Waals surface area contributed by atoms with Gasteiger partial charge in [0.15, 0.2) is 6.61 Å². The lowest BCUT2D eigenvalue weighted by atomic mass is 10.7. The Morgan fingerprint density at radius 1 is 1.44 bits per heavy atom. The predicted molar refractivity (Wildman–Crippen MR) is 31.9 cm³/mol. The Hall–Kier alpha value is -0.960. The third-order valence-corrected chi connectivity index (χ3v) is 0.598. The maximum Gasteiger partial charge on any atom is 0.263 e. The Kier molecular flexibility index (Phi) is 4.63. The fourth-order valence-corrected chi connectivity index (χ4v) is 0.293. The predicted octanol–water partition coefficient (Wildman–Crippen LogP) is 1.06. The normalized spacial score (nSPS) is 11.7. The summed E-state index contributed by atoms with van der Waals surface area (Å²) >= 11 is 0. The molecule has 0 rings (SSSR count). The van der Waals surface area contributed by atoms with Gasteiger partial charge in [-0.3, -0.25) is 0 Å². The largest absolute Gasteiger partial charge is 0.495 e. The molecule has 1 unspecified atom stereocenters. The Morgan fingerprint density at radius 2 is 2.11 bits per heavy atom. The Balaban J connectivity index is 3.14. The lowest BCUT2D eigenvalue weighted by Gasteiger charge is -2.05. The van der Waals surface area contributed by atoms with Gasteiger partial charge in [-0.05, 0) is 0 Å². The fourth-order valence-electron chi connectivity index (χ4n) is 0.293. The first-order valence-electron chi connectivity index (χ1n) is 2.46. The first kappa shape index (κ1) is 8.04. The van der Waals surface area contributed by atoms with Crippen LogP contribution in [-0.4, -0.2) is 12.9 Å². The fraction of sp³-hybridized carbons (Fsp3) is 0.333. The van der Waals surface area contributed by atoms with Crippen LogP contribution in [-0.2, 0) is 14.6 Å². The molecule has 0 saturated heterocycles. The van der Waals surface area contributed by atoms with E-state index in [2.05, 4.69) is 22.6 Å². The Bertz CT molecular complexity index is 90.3. The van der Waals surface area contributed by atoms with Gasteiger partial charge >= 0.3 is 0 Å². The standard InChI is InChI=1S/C6H9O3/c1-3-8-5-6(7)9-4-2/h3-4,6H,1-2,5H2. The molecule has 0 aromatic rings. The third-order valence-electron chi connectivity index (χ3n) is 0.598. The van der Waals surface area contributed by atoms with Gasteiger partial charge in [0.05, 0.1) is 12.5 Å². The van der Waals surface area contributed by atoms with Crippen LogP contribution in [0.3, 0.4) is 0 Å². The van der Waals surface area contributed by atoms with Gasteiger partial charge in [-0.1, -0.05) is 13.2 Å². The van der Waals surface area contributed by atoms with Gasteiger partial charge in [0, 0.05) is 0 Å². The van der Waals surface area contributed by atoms with Crippen LogP contribution in [0.25, 0.3) is 0 Å². The van der Waals surface area contributed by atoms with E-state index in [9.17, 15) is 5.11 Å². The second-order valence-electron chi connectivity index (χ2n) is 1.23. The van der Waals surface area contributed by atoms with Gasteiger partial charge < -0.3 is 9.47 Å². The summed E-state index contributed by atoms with van der Waals surface area (Å²) in [5.41, 5.74) is 0. The number of ether oxygens (including phenoxy) is 2. The number of hydrogen-bond donors (Lipinski definition) is 0. The molecule has 0 heterocycles. The number of rotatable bonds is 5. The van der Waals surface area contributed by atoms with Crippen LogP contribution in [0.5, 0.6) is 0 Å². The van der Waals surface area contributed by atoms with Crippen molar-refractivity contribution in [3.05, 3.63) is 25.7 Å². The average Bonchev–Trinajstić information content (AvgIpc) is 1.85. The Morgan fingerprint density at radius 3 is 2.56 bits per heavy atom. The summed E-state index contributed by atoms with van der Waals surface area (Å²) in [5, 5.41) is 10.4. The molecular weight excluding hydrogens is 120 g/mol. The summed E-state index contributed by atoms with van der Waals surface area (Å²) < 4.78 is 8.91. The van der Waals surface area contributed by atoms with Crippen LogP contribution in [0.1, 0.15) is 0 Å². The van der Waals surface area contributed by atoms with E-state index >= 15 is 0 Å². The highest BCUT2D eigenvalue weighted by molar-refractivity contribution is 4.53. The van der Waals surface area contributed by atoms with Crippen molar-refractivity contribution in [2.75, 3.05) is 6.61 Å². The van der Waals surface area contributed by atoms with Crippen molar-refractivity contribution in [3.8, 4) is 0 Å². The number of hydrogen-bond acceptors (Lipinski definition) is 2. The second kappa shape index (κ2) is 5.18. The summed E-state index contributed by atoms with van der Waals surface area (Å²) in [4.78, 5) is 0. The highest BCUT2D eigenvalue weighted by Crippen LogP contribution is 1.88. The van der Waals surface area contributed by atoms with Gasteiger partial charge in [-0.25, -0.2) is 0 Å². The van der Waals surface area contributed by atoms with Crippen LogP contribution in [0.2, 0.25) is 0 Å². The minimum Gasteiger partial charge on any atom is -0.495 e. The topological polar surface area (TPSA) is 38.4 Å². The SMILES string of the molecule is C=COCC([O])OC=C. The van der Waals surface area contributed by atoms with Crippen LogP contribution >= 0.6 is 0 Å². The second-order valence-corrected chi connectivity index (χ2v) is 1.23. The van der Waals surface area contributed by atoms with Crippen molar-refractivity contribution >= 4 is 0 Å². The zero-order valence-corrected chi connectivity index (χ0v) is 5.08. The molecule has 0 aromatic carbocycles. The van der Waals surface area contributed by atoms with Gasteiger partial charge in [0.1, 0.15) is 0 Å². The molecule has 1 radical (unpaired) electrons. The maximum atomic E-state index is 10.4. The monoisotopic (exact) mass is 129 g/mol. The van der Waals surface area contributed by atoms with Gasteiger partial charge in [0.25, 0.3) is 6.29 Å². The third kappa shape index (κ3) is 4.90. The van der Waals surface area contributed by atoms with Gasteiger partial charge in [0.2, 0.25) is 0 Å². The molecule has 0 aliphatic rings. The maximum absolute atomic E-state index is 10.4. The molecule has 0 N–H and O–H groups in total. The van der Waals surface area contributed by atoms with Crippen molar-refractivity contribution in [2.45, 2.75) is 6.29 Å². The van der Waals surface area contributed by atoms with E-state index in [4.69, 9.17) is 0 Å². The molecule has 51 valence electrons. The smallest absolute Gasteiger partial charge is 0.263 e. The summed E-state index contributed by atoms with van der Waals surface area (Å²) in [6.45, 7) is 6.42. The average molecular weight is 129 g/mol. The molecular formula is C6H9O3. The van der Waals surface area contributed by atoms with E-state index < -0.39 is 6.29 Å². The van der Waals surface area contributed by atoms with Crippen LogP contribution in [0.15, 0.2) is 25.7 Å². The zero-order valence-electron chi connectivity index (χ0n) is 5.08. The van der Waals surface area contributed by atoms with Crippen molar-refractivity contribution in [1.29, 1.82) is 0 Å². The van der Waals surface area contributed by atoms with E-state index in [0.717, 1.165) is 6.26 Å². The van der Waals surface area contributed by atoms with Crippen LogP contribution in [0, 0.1) is 0 Å². The van der Waals surface area contributed by atoms with E-state index in [-0.39, 0.29) is 6.61 Å². The van der Waals surface area contributed by atoms with E-state index in [0.29, 0.717) is 0 Å². The van der Waals surface area contributed by atoms with Crippen molar-refractivity contribution in [2.24, 2.45) is 0 Å². The quantitative estimate of drug-likeness (QED) is 0.411. The molecule has 0 saturated carbocycles. The molecule has 0 aliphatic carbocycles. The van der Waals surface area contributed by atoms with Gasteiger partial charge in [-0.15, -0.1) is 0 Å². The summed E-state index contributed by atoms with van der Waals surface area (Å²) in [5.74, 6) is 0. The zero-order chi connectivity index (χ0) is 7.11. The molecule has 0 fully saturated rings. The lowest BCUT2D eigenvalue weighted by molar-refractivity contribution is -0.127. The highest BCUT2D eigenvalue weighted by Gasteiger charge is 2.01. The molecule has 0 aromatic heterocycles. The Labute approximate surface area is 54.2 Å². The summed E-state index contributed by atoms with van der Waals surface area (Å²) in [7, 11) is 0. The molecule has 1 atom stereocenters. The molecule has 0 bridgehead atoms. The van der Waals surface area contributed by atoms with E-state index in [1.807, 2.05) is 0 Å². The van der Waals surface area contributed by atoms with Crippen molar-refractivity contribution < 1.29 is 14.6 Å². The molecule has 9 heavy (non-hydrogen) atoms. The molecule has 3 nitrogen and oxygen atoms in total. The van der Waals surface area contributed by atoms with Crippen molar-refractivity contribution in [3.63, 3.8) is 0 Å². The minimum atomic E-state index is -1.19. The van der Waals surface area contributed by atoms with Crippen molar-refractivity contribution in [1.82, 2.24) is 0 Å². The van der Waals surface area contributed by atoms with E-state index in [1.165, 1.54) is 6.26 Å². The summed E-state index contributed by atoms with van der Waals surface area (Å²) in [6, 6.07) is 0. The molecule has 0 aliphatic heterocycles. The first-order valence-corrected chi connectivity index (χ1v) is 2.46. The molecule has 0 spiro atoms. The highest BCUT2D eigenvalue weighted by atomic mass is 16.6. The van der Waals surface area contributed by atoms with Gasteiger partial charge in [-0.2, -0.15) is 5.11 Å². The van der Waals surface area contributed by atoms with E-state index in [1.54, 1.807) is 0 Å².